The van der Waals surface area contributed by atoms with Gasteiger partial charge in [0, 0.05) is 13.0 Å². The van der Waals surface area contributed by atoms with Crippen molar-refractivity contribution in [2.75, 3.05) is 13.6 Å². The first kappa shape index (κ1) is 12.7. The van der Waals surface area contributed by atoms with Crippen LogP contribution in [0.15, 0.2) is 0 Å². The third-order valence-electron chi connectivity index (χ3n) is 1.73. The molecule has 0 aromatic carbocycles. The zero-order chi connectivity index (χ0) is 10.5. The van der Waals surface area contributed by atoms with E-state index < -0.39 is 18.2 Å². The summed E-state index contributed by atoms with van der Waals surface area (Å²) in [5.74, 6) is 0. The number of hydrogen-bond acceptors (Lipinski definition) is 2. The molecule has 0 radical (unpaired) electrons. The van der Waals surface area contributed by atoms with Gasteiger partial charge >= 0.3 is 6.18 Å². The summed E-state index contributed by atoms with van der Waals surface area (Å²) < 4.78 is 35.2. The molecule has 1 atom stereocenters. The van der Waals surface area contributed by atoms with Crippen LogP contribution in [0.4, 0.5) is 13.2 Å². The Balaban J connectivity index is 3.63. The van der Waals surface area contributed by atoms with Gasteiger partial charge in [0.15, 0.2) is 0 Å². The van der Waals surface area contributed by atoms with Gasteiger partial charge in [0.2, 0.25) is 0 Å². The maximum atomic E-state index is 11.7. The molecular formula is C8H16F3NO. The fourth-order valence-corrected chi connectivity index (χ4v) is 1.14. The van der Waals surface area contributed by atoms with E-state index in [0.717, 1.165) is 0 Å². The maximum Gasteiger partial charge on any atom is 0.389 e. The predicted octanol–water partition coefficient (Wildman–Crippen LogP) is 1.69. The standard InChI is InChI=1S/C8H16F3NO/c1-7(13,6-12-2)4-3-5-8(9,10)11/h12-13H,3-6H2,1-2H3. The number of hydrogen-bond donors (Lipinski definition) is 2. The predicted molar refractivity (Wildman–Crippen MR) is 44.5 cm³/mol. The van der Waals surface area contributed by atoms with Crippen LogP contribution in [0.25, 0.3) is 0 Å². The SMILES string of the molecule is CNCC(C)(O)CCCC(F)(F)F. The average Bonchev–Trinajstić information content (AvgIpc) is 1.82. The van der Waals surface area contributed by atoms with Gasteiger partial charge in [0.05, 0.1) is 5.60 Å². The summed E-state index contributed by atoms with van der Waals surface area (Å²) in [4.78, 5) is 0. The van der Waals surface area contributed by atoms with Crippen molar-refractivity contribution < 1.29 is 18.3 Å². The lowest BCUT2D eigenvalue weighted by Gasteiger charge is -2.22. The highest BCUT2D eigenvalue weighted by Gasteiger charge is 2.28. The average molecular weight is 199 g/mol. The van der Waals surface area contributed by atoms with Crippen LogP contribution in [0.1, 0.15) is 26.2 Å². The van der Waals surface area contributed by atoms with Crippen molar-refractivity contribution in [2.45, 2.75) is 38.0 Å². The van der Waals surface area contributed by atoms with Crippen molar-refractivity contribution in [3.05, 3.63) is 0 Å². The number of rotatable bonds is 5. The third kappa shape index (κ3) is 8.05. The van der Waals surface area contributed by atoms with Crippen LogP contribution in [0.3, 0.4) is 0 Å². The first-order chi connectivity index (χ1) is 5.77. The Labute approximate surface area is 76.1 Å². The fraction of sp³-hybridized carbons (Fsp3) is 1.00. The zero-order valence-corrected chi connectivity index (χ0v) is 7.91. The lowest BCUT2D eigenvalue weighted by Crippen LogP contribution is -2.36. The van der Waals surface area contributed by atoms with E-state index in [1.807, 2.05) is 0 Å². The van der Waals surface area contributed by atoms with Crippen molar-refractivity contribution in [1.29, 1.82) is 0 Å². The van der Waals surface area contributed by atoms with E-state index in [1.54, 1.807) is 7.05 Å². The highest BCUT2D eigenvalue weighted by Crippen LogP contribution is 2.24. The monoisotopic (exact) mass is 199 g/mol. The molecule has 0 aromatic heterocycles. The van der Waals surface area contributed by atoms with E-state index in [-0.39, 0.29) is 12.8 Å². The maximum absolute atomic E-state index is 11.7. The molecule has 1 unspecified atom stereocenters. The number of alkyl halides is 3. The van der Waals surface area contributed by atoms with E-state index in [4.69, 9.17) is 0 Å². The molecule has 0 amide bonds. The fourth-order valence-electron chi connectivity index (χ4n) is 1.14. The summed E-state index contributed by atoms with van der Waals surface area (Å²) in [6, 6.07) is 0. The summed E-state index contributed by atoms with van der Waals surface area (Å²) in [5, 5.41) is 12.2. The second-order valence-electron chi connectivity index (χ2n) is 3.50. The molecule has 80 valence electrons. The minimum atomic E-state index is -4.12. The third-order valence-corrected chi connectivity index (χ3v) is 1.73. The van der Waals surface area contributed by atoms with Gasteiger partial charge < -0.3 is 10.4 Å². The molecule has 0 saturated heterocycles. The Morgan fingerprint density at radius 3 is 2.15 bits per heavy atom. The first-order valence-electron chi connectivity index (χ1n) is 4.20. The van der Waals surface area contributed by atoms with Gasteiger partial charge in [-0.1, -0.05) is 0 Å². The number of aliphatic hydroxyl groups is 1. The van der Waals surface area contributed by atoms with E-state index in [9.17, 15) is 18.3 Å². The first-order valence-corrected chi connectivity index (χ1v) is 4.20. The van der Waals surface area contributed by atoms with Crippen LogP contribution in [0, 0.1) is 0 Å². The molecule has 5 heteroatoms. The van der Waals surface area contributed by atoms with Crippen LogP contribution in [0.5, 0.6) is 0 Å². The highest BCUT2D eigenvalue weighted by molar-refractivity contribution is 4.74. The molecule has 2 nitrogen and oxygen atoms in total. The minimum Gasteiger partial charge on any atom is -0.389 e. The van der Waals surface area contributed by atoms with Gasteiger partial charge in [-0.2, -0.15) is 13.2 Å². The quantitative estimate of drug-likeness (QED) is 0.706. The van der Waals surface area contributed by atoms with Gasteiger partial charge in [-0.05, 0) is 26.8 Å². The van der Waals surface area contributed by atoms with E-state index >= 15 is 0 Å². The molecular weight excluding hydrogens is 183 g/mol. The van der Waals surface area contributed by atoms with Crippen LogP contribution in [-0.4, -0.2) is 30.5 Å². The van der Waals surface area contributed by atoms with Crippen molar-refractivity contribution in [2.24, 2.45) is 0 Å². The molecule has 0 bridgehead atoms. The highest BCUT2D eigenvalue weighted by atomic mass is 19.4. The summed E-state index contributed by atoms with van der Waals surface area (Å²) in [5.41, 5.74) is -1.04. The molecule has 0 aromatic rings. The molecule has 0 aliphatic carbocycles. The number of nitrogens with one attached hydrogen (secondary N) is 1. The number of likely N-dealkylation sites (N-methyl/N-ethyl adjacent to an activating group) is 1. The van der Waals surface area contributed by atoms with Gasteiger partial charge in [0.1, 0.15) is 0 Å². The van der Waals surface area contributed by atoms with Crippen molar-refractivity contribution in [3.63, 3.8) is 0 Å². The van der Waals surface area contributed by atoms with Gasteiger partial charge in [0.25, 0.3) is 0 Å². The molecule has 0 rings (SSSR count). The van der Waals surface area contributed by atoms with Crippen LogP contribution in [0.2, 0.25) is 0 Å². The van der Waals surface area contributed by atoms with Crippen molar-refractivity contribution >= 4 is 0 Å². The summed E-state index contributed by atoms with van der Waals surface area (Å²) in [7, 11) is 1.65. The Morgan fingerprint density at radius 1 is 1.23 bits per heavy atom. The second-order valence-corrected chi connectivity index (χ2v) is 3.50. The van der Waals surface area contributed by atoms with Crippen LogP contribution < -0.4 is 5.32 Å². The Bertz CT molecular complexity index is 145. The molecule has 13 heavy (non-hydrogen) atoms. The molecule has 0 saturated carbocycles. The largest absolute Gasteiger partial charge is 0.389 e. The normalized spacial score (nSPS) is 17.1. The van der Waals surface area contributed by atoms with Crippen LogP contribution >= 0.6 is 0 Å². The van der Waals surface area contributed by atoms with Crippen LogP contribution in [-0.2, 0) is 0 Å². The van der Waals surface area contributed by atoms with E-state index in [1.165, 1.54) is 6.92 Å². The lowest BCUT2D eigenvalue weighted by atomic mass is 9.99. The van der Waals surface area contributed by atoms with E-state index in [0.29, 0.717) is 6.54 Å². The topological polar surface area (TPSA) is 32.3 Å². The summed E-state index contributed by atoms with van der Waals surface area (Å²) >= 11 is 0. The molecule has 0 aliphatic heterocycles. The zero-order valence-electron chi connectivity index (χ0n) is 7.91. The van der Waals surface area contributed by atoms with Gasteiger partial charge in [-0.3, -0.25) is 0 Å². The molecule has 0 fully saturated rings. The van der Waals surface area contributed by atoms with Crippen molar-refractivity contribution in [1.82, 2.24) is 5.32 Å². The van der Waals surface area contributed by atoms with Gasteiger partial charge in [-0.25, -0.2) is 0 Å². The summed E-state index contributed by atoms with van der Waals surface area (Å²) in [6.45, 7) is 1.84. The lowest BCUT2D eigenvalue weighted by molar-refractivity contribution is -0.137. The summed E-state index contributed by atoms with van der Waals surface area (Å²) in [6.07, 6.45) is -4.81. The minimum absolute atomic E-state index is 0.0296. The Kier molecular flexibility index (Phi) is 4.70. The number of halogens is 3. The van der Waals surface area contributed by atoms with Gasteiger partial charge in [-0.15, -0.1) is 0 Å². The Hall–Kier alpha value is -0.290. The molecule has 2 N–H and O–H groups in total. The Morgan fingerprint density at radius 2 is 1.77 bits per heavy atom. The molecule has 0 heterocycles. The molecule has 0 aliphatic rings. The smallest absolute Gasteiger partial charge is 0.389 e. The second kappa shape index (κ2) is 4.81. The van der Waals surface area contributed by atoms with E-state index in [2.05, 4.69) is 5.32 Å². The van der Waals surface area contributed by atoms with Crippen molar-refractivity contribution in [3.8, 4) is 0 Å². The molecule has 0 spiro atoms.